The first-order valence-corrected chi connectivity index (χ1v) is 5.92. The van der Waals surface area contributed by atoms with E-state index in [1.165, 1.54) is 0 Å². The normalized spacial score (nSPS) is 45.5. The standard InChI is InChI=1S/C4H8O4S2/c1-4-3-10(6,7)8-9(4,2)5/h4H,2-3H2,1H3. The van der Waals surface area contributed by atoms with Gasteiger partial charge >= 0.3 is 0 Å². The molecule has 0 radical (unpaired) electrons. The van der Waals surface area contributed by atoms with Gasteiger partial charge in [-0.1, -0.05) is 0 Å². The van der Waals surface area contributed by atoms with Gasteiger partial charge in [0.1, 0.15) is 0 Å². The van der Waals surface area contributed by atoms with Crippen LogP contribution >= 0.6 is 0 Å². The molecule has 60 valence electrons. The molecule has 2 unspecified atom stereocenters. The van der Waals surface area contributed by atoms with Crippen molar-refractivity contribution in [3.8, 4) is 0 Å². The lowest BCUT2D eigenvalue weighted by Gasteiger charge is -1.98. The third kappa shape index (κ3) is 1.33. The zero-order chi connectivity index (χ0) is 7.99. The van der Waals surface area contributed by atoms with E-state index in [0.717, 1.165) is 0 Å². The molecule has 0 saturated carbocycles. The van der Waals surface area contributed by atoms with E-state index in [2.05, 4.69) is 9.50 Å². The van der Waals surface area contributed by atoms with Crippen molar-refractivity contribution < 1.29 is 16.3 Å². The quantitative estimate of drug-likeness (QED) is 0.470. The van der Waals surface area contributed by atoms with Gasteiger partial charge < -0.3 is 0 Å². The first-order chi connectivity index (χ1) is 4.33. The molecule has 0 aromatic rings. The van der Waals surface area contributed by atoms with Crippen molar-refractivity contribution in [3.63, 3.8) is 0 Å². The van der Waals surface area contributed by atoms with Crippen molar-refractivity contribution in [2.75, 3.05) is 5.75 Å². The van der Waals surface area contributed by atoms with E-state index in [0.29, 0.717) is 0 Å². The summed E-state index contributed by atoms with van der Waals surface area (Å²) in [6, 6.07) is 0. The summed E-state index contributed by atoms with van der Waals surface area (Å²) in [5, 5.41) is -0.488. The van der Waals surface area contributed by atoms with Crippen LogP contribution in [-0.2, 0) is 23.6 Å². The molecule has 1 rings (SSSR count). The molecular weight excluding hydrogens is 176 g/mol. The Balaban J connectivity index is 3.16. The number of hydrogen-bond donors (Lipinski definition) is 0. The van der Waals surface area contributed by atoms with Crippen LogP contribution in [0.3, 0.4) is 0 Å². The van der Waals surface area contributed by atoms with Gasteiger partial charge in [-0.3, -0.25) is 0 Å². The third-order valence-electron chi connectivity index (χ3n) is 1.27. The Morgan fingerprint density at radius 3 is 2.10 bits per heavy atom. The van der Waals surface area contributed by atoms with E-state index in [1.807, 2.05) is 0 Å². The first-order valence-electron chi connectivity index (χ1n) is 2.63. The molecule has 1 aliphatic rings. The van der Waals surface area contributed by atoms with Crippen molar-refractivity contribution in [1.82, 2.24) is 0 Å². The summed E-state index contributed by atoms with van der Waals surface area (Å²) in [5.74, 6) is 2.99. The van der Waals surface area contributed by atoms with Crippen molar-refractivity contribution in [1.29, 1.82) is 0 Å². The lowest BCUT2D eigenvalue weighted by molar-refractivity contribution is 0.511. The average molecular weight is 184 g/mol. The largest absolute Gasteiger partial charge is 0.280 e. The maximum Gasteiger partial charge on any atom is 0.280 e. The molecule has 0 spiro atoms. The van der Waals surface area contributed by atoms with E-state index in [-0.39, 0.29) is 5.75 Å². The van der Waals surface area contributed by atoms with E-state index in [1.54, 1.807) is 6.92 Å². The summed E-state index contributed by atoms with van der Waals surface area (Å²) >= 11 is 0. The van der Waals surface area contributed by atoms with Crippen molar-refractivity contribution in [2.45, 2.75) is 12.2 Å². The molecule has 2 atom stereocenters. The molecule has 1 saturated heterocycles. The summed E-state index contributed by atoms with van der Waals surface area (Å²) in [6.07, 6.45) is 0. The molecule has 0 amide bonds. The Hall–Kier alpha value is -0.0700. The fraction of sp³-hybridized carbons (Fsp3) is 0.750. The number of rotatable bonds is 0. The lowest BCUT2D eigenvalue weighted by atomic mass is 10.6. The van der Waals surface area contributed by atoms with E-state index >= 15 is 0 Å². The zero-order valence-electron chi connectivity index (χ0n) is 5.44. The molecule has 0 aliphatic carbocycles. The lowest BCUT2D eigenvalue weighted by Crippen LogP contribution is -2.12. The summed E-state index contributed by atoms with van der Waals surface area (Å²) < 4.78 is 36.5. The first kappa shape index (κ1) is 8.03. The van der Waals surface area contributed by atoms with Crippen LogP contribution in [0.4, 0.5) is 0 Å². The van der Waals surface area contributed by atoms with Crippen LogP contribution in [0.2, 0.25) is 0 Å². The Labute approximate surface area is 60.5 Å². The van der Waals surface area contributed by atoms with Crippen molar-refractivity contribution >= 4 is 25.8 Å². The molecule has 0 aromatic heterocycles. The predicted octanol–water partition coefficient (Wildman–Crippen LogP) is -0.634. The second-order valence-electron chi connectivity index (χ2n) is 2.27. The van der Waals surface area contributed by atoms with Crippen LogP contribution in [0.15, 0.2) is 0 Å². The average Bonchev–Trinajstić information content (AvgIpc) is 1.73. The molecular formula is C4H8O4S2. The van der Waals surface area contributed by atoms with Gasteiger partial charge in [-0.2, -0.15) is 12.0 Å². The van der Waals surface area contributed by atoms with Crippen molar-refractivity contribution in [3.05, 3.63) is 0 Å². The SMILES string of the molecule is C=S1(=O)OS(=O)(=O)CC1C. The Bertz CT molecular complexity index is 322. The highest BCUT2D eigenvalue weighted by molar-refractivity contribution is 8.08. The van der Waals surface area contributed by atoms with Gasteiger partial charge in [-0.05, 0) is 12.8 Å². The highest BCUT2D eigenvalue weighted by atomic mass is 32.3. The molecule has 0 bridgehead atoms. The highest BCUT2D eigenvalue weighted by Crippen LogP contribution is 2.19. The van der Waals surface area contributed by atoms with Gasteiger partial charge in [-0.25, -0.2) is 4.21 Å². The third-order valence-corrected chi connectivity index (χ3v) is 5.53. The summed E-state index contributed by atoms with van der Waals surface area (Å²) in [4.78, 5) is 0. The van der Waals surface area contributed by atoms with Gasteiger partial charge in [0, 0.05) is 0 Å². The topological polar surface area (TPSA) is 60.4 Å². The highest BCUT2D eigenvalue weighted by Gasteiger charge is 2.35. The Morgan fingerprint density at radius 2 is 2.00 bits per heavy atom. The molecule has 1 aliphatic heterocycles. The molecule has 0 aromatic carbocycles. The van der Waals surface area contributed by atoms with E-state index in [9.17, 15) is 12.6 Å². The second-order valence-corrected chi connectivity index (χ2v) is 6.39. The van der Waals surface area contributed by atoms with Crippen LogP contribution in [0.5, 0.6) is 0 Å². The monoisotopic (exact) mass is 184 g/mol. The van der Waals surface area contributed by atoms with Crippen LogP contribution in [0.1, 0.15) is 6.92 Å². The Kier molecular flexibility index (Phi) is 1.57. The van der Waals surface area contributed by atoms with Gasteiger partial charge in [0.2, 0.25) is 0 Å². The van der Waals surface area contributed by atoms with Gasteiger partial charge in [-0.15, -0.1) is 0 Å². The minimum atomic E-state index is -3.54. The minimum absolute atomic E-state index is 0.185. The smallest absolute Gasteiger partial charge is 0.239 e. The van der Waals surface area contributed by atoms with Crippen LogP contribution in [0, 0.1) is 0 Å². The van der Waals surface area contributed by atoms with Gasteiger partial charge in [0.25, 0.3) is 10.1 Å². The maximum absolute atomic E-state index is 11.0. The number of hydrogen-bond acceptors (Lipinski definition) is 4. The molecule has 6 heteroatoms. The van der Waals surface area contributed by atoms with Crippen LogP contribution in [0.25, 0.3) is 0 Å². The van der Waals surface area contributed by atoms with E-state index < -0.39 is 25.2 Å². The zero-order valence-corrected chi connectivity index (χ0v) is 7.07. The summed E-state index contributed by atoms with van der Waals surface area (Å²) in [6.45, 7) is 1.54. The molecule has 4 nitrogen and oxygen atoms in total. The van der Waals surface area contributed by atoms with Crippen LogP contribution in [-0.4, -0.2) is 29.5 Å². The Morgan fingerprint density at radius 1 is 1.50 bits per heavy atom. The van der Waals surface area contributed by atoms with Crippen LogP contribution < -0.4 is 0 Å². The van der Waals surface area contributed by atoms with Gasteiger partial charge in [0.15, 0.2) is 0 Å². The summed E-state index contributed by atoms with van der Waals surface area (Å²) in [5.41, 5.74) is 0. The summed E-state index contributed by atoms with van der Waals surface area (Å²) in [7, 11) is -6.36. The molecule has 10 heavy (non-hydrogen) atoms. The molecule has 1 heterocycles. The fourth-order valence-electron chi connectivity index (χ4n) is 0.661. The molecule has 1 fully saturated rings. The fourth-order valence-corrected chi connectivity index (χ4v) is 4.73. The molecule has 0 N–H and O–H groups in total. The maximum atomic E-state index is 11.0. The minimum Gasteiger partial charge on any atom is -0.239 e. The predicted molar refractivity (Wildman–Crippen MR) is 39.6 cm³/mol. The second kappa shape index (κ2) is 1.96. The van der Waals surface area contributed by atoms with Gasteiger partial charge in [0.05, 0.1) is 20.8 Å². The van der Waals surface area contributed by atoms with E-state index in [4.69, 9.17) is 0 Å². The van der Waals surface area contributed by atoms with Crippen molar-refractivity contribution in [2.24, 2.45) is 0 Å².